The fraction of sp³-hybridized carbons (Fsp3) is 0. The molecule has 0 saturated carbocycles. The third-order valence-electron chi connectivity index (χ3n) is 0. The summed E-state index contributed by atoms with van der Waals surface area (Å²) in [4.78, 5) is 0. The second kappa shape index (κ2) is 11.1. The van der Waals surface area contributed by atoms with E-state index in [1.54, 1.807) is 0 Å². The maximum absolute atomic E-state index is 8.52. The summed E-state index contributed by atoms with van der Waals surface area (Å²) in [6.07, 6.45) is 0. The fourth-order valence-electron chi connectivity index (χ4n) is 0. The maximum Gasteiger partial charge on any atom is 0.0311 e. The summed E-state index contributed by atoms with van der Waals surface area (Å²) in [7, 11) is -5.17. The van der Waals surface area contributed by atoms with Gasteiger partial charge in [0.15, 0.2) is 0 Å². The molecule has 7 nitrogen and oxygen atoms in total. The van der Waals surface area contributed by atoms with Crippen LogP contribution in [0, 0.1) is 0 Å². The zero-order valence-electron chi connectivity index (χ0n) is 4.31. The van der Waals surface area contributed by atoms with Gasteiger partial charge in [-0.15, -0.1) is 0 Å². The van der Waals surface area contributed by atoms with Crippen molar-refractivity contribution >= 4 is 10.4 Å². The van der Waals surface area contributed by atoms with E-state index in [-0.39, 0.29) is 23.2 Å². The van der Waals surface area contributed by atoms with Gasteiger partial charge in [0.1, 0.15) is 0 Å². The fourth-order valence-corrected chi connectivity index (χ4v) is 0. The molecular formula is H6MnNO6S-. The van der Waals surface area contributed by atoms with Crippen molar-refractivity contribution in [3.63, 3.8) is 0 Å². The average Bonchev–Trinajstić information content (AvgIpc) is 1.36. The molecule has 6 N–H and O–H groups in total. The molecule has 0 aromatic rings. The number of hydrogen-bond acceptors (Lipinski definition) is 6. The minimum absolute atomic E-state index is 0. The Kier molecular flexibility index (Phi) is 28.2. The summed E-state index contributed by atoms with van der Waals surface area (Å²) in [6.45, 7) is 0. The summed E-state index contributed by atoms with van der Waals surface area (Å²) in [5.41, 5.74) is 0. The molecule has 0 atom stereocenters. The Labute approximate surface area is 62.3 Å². The van der Waals surface area contributed by atoms with Crippen molar-refractivity contribution < 1.29 is 45.1 Å². The molecule has 0 aromatic carbocycles. The second-order valence-electron chi connectivity index (χ2n) is 0.408. The van der Waals surface area contributed by atoms with Crippen molar-refractivity contribution in [3.8, 4) is 0 Å². The van der Waals surface area contributed by atoms with Gasteiger partial charge in [0, 0.05) is 27.5 Å². The van der Waals surface area contributed by atoms with Crippen molar-refractivity contribution in [2.45, 2.75) is 0 Å². The van der Waals surface area contributed by atoms with E-state index in [0.717, 1.165) is 0 Å². The molecule has 0 aliphatic heterocycles. The van der Waals surface area contributed by atoms with Crippen LogP contribution in [0.4, 0.5) is 0 Å². The van der Waals surface area contributed by atoms with Gasteiger partial charge >= 0.3 is 0 Å². The first-order valence-electron chi connectivity index (χ1n) is 0.867. The van der Waals surface area contributed by atoms with Crippen molar-refractivity contribution in [2.75, 3.05) is 0 Å². The van der Waals surface area contributed by atoms with Gasteiger partial charge in [0.05, 0.1) is 0 Å². The molecule has 9 heavy (non-hydrogen) atoms. The van der Waals surface area contributed by atoms with Crippen LogP contribution in [-0.2, 0) is 27.5 Å². The van der Waals surface area contributed by atoms with E-state index in [0.29, 0.717) is 0 Å². The Balaban J connectivity index is -0.0000000286. The molecule has 0 saturated heterocycles. The summed E-state index contributed by atoms with van der Waals surface area (Å²) >= 11 is 0. The molecule has 0 amide bonds. The van der Waals surface area contributed by atoms with Gasteiger partial charge in [-0.2, -0.15) is 0 Å². The smallest absolute Gasteiger partial charge is 0.0311 e. The SMILES string of the molecule is O=S(=O)([O-])[O-].OO.[Mn].[NH4+]. The molecule has 0 unspecified atom stereocenters. The van der Waals surface area contributed by atoms with Gasteiger partial charge in [-0.3, -0.25) is 18.9 Å². The van der Waals surface area contributed by atoms with E-state index in [1.165, 1.54) is 0 Å². The Morgan fingerprint density at radius 2 is 1.11 bits per heavy atom. The van der Waals surface area contributed by atoms with E-state index in [2.05, 4.69) is 0 Å². The Morgan fingerprint density at radius 3 is 1.11 bits per heavy atom. The Morgan fingerprint density at radius 1 is 1.11 bits per heavy atom. The minimum Gasteiger partial charge on any atom is -0.759 e. The predicted octanol–water partition coefficient (Wildman–Crippen LogP) is -0.947. The summed E-state index contributed by atoms with van der Waals surface area (Å²) in [5, 5.41) is 12.0. The first kappa shape index (κ1) is 22.8. The van der Waals surface area contributed by atoms with E-state index in [4.69, 9.17) is 28.0 Å². The van der Waals surface area contributed by atoms with Crippen LogP contribution in [-0.4, -0.2) is 28.0 Å². The van der Waals surface area contributed by atoms with E-state index >= 15 is 0 Å². The zero-order valence-corrected chi connectivity index (χ0v) is 6.31. The monoisotopic (exact) mass is 203 g/mol. The largest absolute Gasteiger partial charge is 0.759 e. The Bertz CT molecular complexity index is 96.2. The molecule has 0 heterocycles. The summed E-state index contributed by atoms with van der Waals surface area (Å²) < 4.78 is 34.1. The minimum atomic E-state index is -5.17. The number of rotatable bonds is 0. The van der Waals surface area contributed by atoms with Gasteiger partial charge < -0.3 is 15.3 Å². The topological polar surface area (TPSA) is 157 Å². The Hall–Kier alpha value is 0.269. The number of quaternary nitrogens is 1. The molecule has 61 valence electrons. The molecule has 0 aliphatic carbocycles. The van der Waals surface area contributed by atoms with E-state index in [1.807, 2.05) is 0 Å². The molecule has 0 aromatic heterocycles. The van der Waals surface area contributed by atoms with Crippen LogP contribution in [0.2, 0.25) is 0 Å². The standard InChI is InChI=1S/Mn.H3N.H2O4S.H2O2/c;;1-5(2,3)4;1-2/h;1H3;(H2,1,2,3,4);1-2H/p-1. The van der Waals surface area contributed by atoms with Crippen molar-refractivity contribution in [1.29, 1.82) is 0 Å². The maximum atomic E-state index is 8.52. The van der Waals surface area contributed by atoms with Crippen molar-refractivity contribution in [2.24, 2.45) is 0 Å². The van der Waals surface area contributed by atoms with Crippen molar-refractivity contribution in [1.82, 2.24) is 6.15 Å². The number of hydrogen-bond donors (Lipinski definition) is 3. The second-order valence-corrected chi connectivity index (χ2v) is 1.22. The van der Waals surface area contributed by atoms with Gasteiger partial charge in [-0.05, 0) is 0 Å². The molecule has 0 aliphatic rings. The zero-order chi connectivity index (χ0) is 6.50. The third-order valence-corrected chi connectivity index (χ3v) is 0. The molecule has 0 bridgehead atoms. The van der Waals surface area contributed by atoms with Crippen molar-refractivity contribution in [3.05, 3.63) is 0 Å². The molecule has 1 radical (unpaired) electrons. The van der Waals surface area contributed by atoms with Crippen LogP contribution in [0.15, 0.2) is 0 Å². The van der Waals surface area contributed by atoms with Crippen LogP contribution >= 0.6 is 0 Å². The first-order valence-corrected chi connectivity index (χ1v) is 2.20. The normalized spacial score (nSPS) is 7.11. The van der Waals surface area contributed by atoms with Gasteiger partial charge in [-0.25, -0.2) is 0 Å². The molecular weight excluding hydrogens is 197 g/mol. The van der Waals surface area contributed by atoms with Crippen LogP contribution in [0.1, 0.15) is 0 Å². The summed E-state index contributed by atoms with van der Waals surface area (Å²) in [6, 6.07) is 0. The molecule has 9 heteroatoms. The summed E-state index contributed by atoms with van der Waals surface area (Å²) in [5.74, 6) is 0. The predicted molar refractivity (Wildman–Crippen MR) is 21.7 cm³/mol. The third kappa shape index (κ3) is 4480. The van der Waals surface area contributed by atoms with Gasteiger partial charge in [0.25, 0.3) is 0 Å². The average molecular weight is 203 g/mol. The van der Waals surface area contributed by atoms with E-state index < -0.39 is 10.4 Å². The molecule has 0 fully saturated rings. The van der Waals surface area contributed by atoms with Crippen LogP contribution in [0.3, 0.4) is 0 Å². The van der Waals surface area contributed by atoms with Crippen LogP contribution in [0.25, 0.3) is 0 Å². The molecule has 0 rings (SSSR count). The first-order chi connectivity index (χ1) is 3.00. The van der Waals surface area contributed by atoms with Crippen LogP contribution < -0.4 is 6.15 Å². The van der Waals surface area contributed by atoms with Gasteiger partial charge in [0.2, 0.25) is 0 Å². The molecule has 0 spiro atoms. The van der Waals surface area contributed by atoms with Crippen LogP contribution in [0.5, 0.6) is 0 Å². The quantitative estimate of drug-likeness (QED) is 0.151. The van der Waals surface area contributed by atoms with E-state index in [9.17, 15) is 0 Å². The van der Waals surface area contributed by atoms with Gasteiger partial charge in [-0.1, -0.05) is 0 Å².